The van der Waals surface area contributed by atoms with E-state index >= 15 is 0 Å². The predicted molar refractivity (Wildman–Crippen MR) is 95.9 cm³/mol. The molecule has 0 saturated carbocycles. The monoisotopic (exact) mass is 339 g/mol. The standard InChI is InChI=1S/C19H21N3O3/c23-11-13-25-12-3-10-20-19(24)15-6-8-16(9-7-15)22-14-21-17-4-1-2-5-18(17)22/h1-2,4-9,14,23H,3,10-13H2,(H,20,24). The van der Waals surface area contributed by atoms with E-state index in [0.29, 0.717) is 31.7 Å². The molecule has 0 bridgehead atoms. The van der Waals surface area contributed by atoms with Crippen molar-refractivity contribution in [3.05, 3.63) is 60.4 Å². The molecule has 1 aromatic heterocycles. The normalized spacial score (nSPS) is 10.9. The molecule has 6 heteroatoms. The molecule has 0 fully saturated rings. The molecule has 6 nitrogen and oxygen atoms in total. The maximum atomic E-state index is 12.1. The van der Waals surface area contributed by atoms with Crippen LogP contribution in [0.2, 0.25) is 0 Å². The number of aliphatic hydroxyl groups is 1. The Morgan fingerprint density at radius 3 is 2.72 bits per heavy atom. The summed E-state index contributed by atoms with van der Waals surface area (Å²) in [5.41, 5.74) is 3.54. The van der Waals surface area contributed by atoms with Crippen molar-refractivity contribution in [3.63, 3.8) is 0 Å². The smallest absolute Gasteiger partial charge is 0.251 e. The summed E-state index contributed by atoms with van der Waals surface area (Å²) in [4.78, 5) is 16.5. The highest BCUT2D eigenvalue weighted by atomic mass is 16.5. The van der Waals surface area contributed by atoms with Gasteiger partial charge in [0.05, 0.1) is 24.2 Å². The number of imidazole rings is 1. The van der Waals surface area contributed by atoms with Crippen LogP contribution in [0.15, 0.2) is 54.9 Å². The summed E-state index contributed by atoms with van der Waals surface area (Å²) < 4.78 is 7.15. The summed E-state index contributed by atoms with van der Waals surface area (Å²) in [7, 11) is 0. The van der Waals surface area contributed by atoms with Crippen molar-refractivity contribution >= 4 is 16.9 Å². The van der Waals surface area contributed by atoms with E-state index in [4.69, 9.17) is 9.84 Å². The zero-order chi connectivity index (χ0) is 17.5. The Labute approximate surface area is 146 Å². The molecule has 0 spiro atoms. The van der Waals surface area contributed by atoms with E-state index in [9.17, 15) is 4.79 Å². The second-order valence-electron chi connectivity index (χ2n) is 5.60. The molecular weight excluding hydrogens is 318 g/mol. The van der Waals surface area contributed by atoms with Gasteiger partial charge in [0.1, 0.15) is 6.33 Å². The summed E-state index contributed by atoms with van der Waals surface area (Å²) in [5.74, 6) is -0.107. The highest BCUT2D eigenvalue weighted by molar-refractivity contribution is 5.94. The lowest BCUT2D eigenvalue weighted by Crippen LogP contribution is -2.25. The van der Waals surface area contributed by atoms with Gasteiger partial charge in [0.25, 0.3) is 5.91 Å². The summed E-state index contributed by atoms with van der Waals surface area (Å²) in [5, 5.41) is 11.5. The zero-order valence-electron chi connectivity index (χ0n) is 13.9. The first-order valence-electron chi connectivity index (χ1n) is 8.29. The van der Waals surface area contributed by atoms with Gasteiger partial charge >= 0.3 is 0 Å². The maximum Gasteiger partial charge on any atom is 0.251 e. The molecule has 130 valence electrons. The van der Waals surface area contributed by atoms with Crippen molar-refractivity contribution in [1.82, 2.24) is 14.9 Å². The van der Waals surface area contributed by atoms with E-state index in [2.05, 4.69) is 10.3 Å². The van der Waals surface area contributed by atoms with Crippen LogP contribution in [0.1, 0.15) is 16.8 Å². The number of nitrogens with one attached hydrogen (secondary N) is 1. The number of fused-ring (bicyclic) bond motifs is 1. The number of para-hydroxylation sites is 2. The Morgan fingerprint density at radius 2 is 1.92 bits per heavy atom. The van der Waals surface area contributed by atoms with Crippen LogP contribution >= 0.6 is 0 Å². The van der Waals surface area contributed by atoms with Gasteiger partial charge in [-0.3, -0.25) is 9.36 Å². The summed E-state index contributed by atoms with van der Waals surface area (Å²) >= 11 is 0. The van der Waals surface area contributed by atoms with Gasteiger partial charge in [-0.15, -0.1) is 0 Å². The lowest BCUT2D eigenvalue weighted by molar-refractivity contribution is 0.0867. The number of aliphatic hydroxyl groups excluding tert-OH is 1. The first-order chi connectivity index (χ1) is 12.3. The Morgan fingerprint density at radius 1 is 1.12 bits per heavy atom. The van der Waals surface area contributed by atoms with Crippen LogP contribution < -0.4 is 5.32 Å². The number of carbonyl (C=O) groups excluding carboxylic acids is 1. The first kappa shape index (κ1) is 17.1. The van der Waals surface area contributed by atoms with Crippen molar-refractivity contribution in [3.8, 4) is 5.69 Å². The van der Waals surface area contributed by atoms with Gasteiger partial charge in [0.15, 0.2) is 0 Å². The van der Waals surface area contributed by atoms with Crippen LogP contribution in [0, 0.1) is 0 Å². The van der Waals surface area contributed by atoms with Crippen molar-refractivity contribution in [2.75, 3.05) is 26.4 Å². The molecule has 0 atom stereocenters. The Hall–Kier alpha value is -2.70. The Kier molecular flexibility index (Phi) is 5.77. The molecule has 0 aliphatic rings. The second-order valence-corrected chi connectivity index (χ2v) is 5.60. The topological polar surface area (TPSA) is 76.4 Å². The van der Waals surface area contributed by atoms with Gasteiger partial charge in [-0.25, -0.2) is 4.98 Å². The molecule has 0 aliphatic carbocycles. The van der Waals surface area contributed by atoms with E-state index in [0.717, 1.165) is 16.7 Å². The first-order valence-corrected chi connectivity index (χ1v) is 8.29. The van der Waals surface area contributed by atoms with E-state index in [-0.39, 0.29) is 12.5 Å². The van der Waals surface area contributed by atoms with Crippen molar-refractivity contribution < 1.29 is 14.6 Å². The van der Waals surface area contributed by atoms with Gasteiger partial charge in [-0.05, 0) is 42.8 Å². The molecule has 0 unspecified atom stereocenters. The number of carbonyl (C=O) groups is 1. The van der Waals surface area contributed by atoms with E-state index in [1.807, 2.05) is 53.1 Å². The van der Waals surface area contributed by atoms with Crippen molar-refractivity contribution in [1.29, 1.82) is 0 Å². The van der Waals surface area contributed by atoms with Gasteiger partial charge in [0, 0.05) is 24.4 Å². The molecule has 0 radical (unpaired) electrons. The molecule has 1 heterocycles. The van der Waals surface area contributed by atoms with Crippen LogP contribution in [0.25, 0.3) is 16.7 Å². The van der Waals surface area contributed by atoms with Crippen molar-refractivity contribution in [2.45, 2.75) is 6.42 Å². The van der Waals surface area contributed by atoms with Crippen LogP contribution in [0.4, 0.5) is 0 Å². The quantitative estimate of drug-likeness (QED) is 0.617. The highest BCUT2D eigenvalue weighted by Crippen LogP contribution is 2.18. The third kappa shape index (κ3) is 4.23. The molecule has 2 aromatic carbocycles. The largest absolute Gasteiger partial charge is 0.394 e. The molecule has 3 aromatic rings. The highest BCUT2D eigenvalue weighted by Gasteiger charge is 2.07. The number of nitrogens with zero attached hydrogens (tertiary/aromatic N) is 2. The van der Waals surface area contributed by atoms with Gasteiger partial charge in [0.2, 0.25) is 0 Å². The lowest BCUT2D eigenvalue weighted by atomic mass is 10.2. The van der Waals surface area contributed by atoms with Gasteiger partial charge in [-0.1, -0.05) is 12.1 Å². The predicted octanol–water partition coefficient (Wildman–Crippen LogP) is 2.15. The number of hydrogen-bond acceptors (Lipinski definition) is 4. The molecular formula is C19H21N3O3. The Balaban J connectivity index is 1.59. The number of rotatable bonds is 8. The number of benzene rings is 2. The molecule has 1 amide bonds. The fourth-order valence-corrected chi connectivity index (χ4v) is 2.58. The zero-order valence-corrected chi connectivity index (χ0v) is 13.9. The van der Waals surface area contributed by atoms with E-state index in [1.54, 1.807) is 6.33 Å². The minimum Gasteiger partial charge on any atom is -0.394 e. The minimum atomic E-state index is -0.107. The summed E-state index contributed by atoms with van der Waals surface area (Å²) in [6.07, 6.45) is 2.50. The number of amides is 1. The molecule has 25 heavy (non-hydrogen) atoms. The molecule has 0 aliphatic heterocycles. The number of ether oxygens (including phenoxy) is 1. The fourth-order valence-electron chi connectivity index (χ4n) is 2.58. The SMILES string of the molecule is O=C(NCCCOCCO)c1ccc(-n2cnc3ccccc32)cc1. The summed E-state index contributed by atoms with van der Waals surface area (Å²) in [6, 6.07) is 15.4. The third-order valence-corrected chi connectivity index (χ3v) is 3.85. The average molecular weight is 339 g/mol. The van der Waals surface area contributed by atoms with Crippen LogP contribution in [-0.2, 0) is 4.74 Å². The van der Waals surface area contributed by atoms with Gasteiger partial charge in [-0.2, -0.15) is 0 Å². The lowest BCUT2D eigenvalue weighted by Gasteiger charge is -2.08. The minimum absolute atomic E-state index is 0.0188. The average Bonchev–Trinajstić information content (AvgIpc) is 3.08. The Bertz CT molecular complexity index is 827. The molecule has 3 rings (SSSR count). The maximum absolute atomic E-state index is 12.1. The second kappa shape index (κ2) is 8.41. The number of hydrogen-bond donors (Lipinski definition) is 2. The van der Waals surface area contributed by atoms with Crippen LogP contribution in [-0.4, -0.2) is 46.9 Å². The van der Waals surface area contributed by atoms with Crippen LogP contribution in [0.5, 0.6) is 0 Å². The van der Waals surface area contributed by atoms with Crippen LogP contribution in [0.3, 0.4) is 0 Å². The van der Waals surface area contributed by atoms with Crippen molar-refractivity contribution in [2.24, 2.45) is 0 Å². The van der Waals surface area contributed by atoms with E-state index in [1.165, 1.54) is 0 Å². The van der Waals surface area contributed by atoms with E-state index < -0.39 is 0 Å². The number of aromatic nitrogens is 2. The third-order valence-electron chi connectivity index (χ3n) is 3.85. The fraction of sp³-hybridized carbons (Fsp3) is 0.263. The van der Waals surface area contributed by atoms with Gasteiger partial charge < -0.3 is 15.2 Å². The molecule has 2 N–H and O–H groups in total. The molecule has 0 saturated heterocycles. The summed E-state index contributed by atoms with van der Waals surface area (Å²) in [6.45, 7) is 1.41.